The predicted molar refractivity (Wildman–Crippen MR) is 72.5 cm³/mol. The van der Waals surface area contributed by atoms with E-state index in [1.54, 1.807) is 6.07 Å². The van der Waals surface area contributed by atoms with Gasteiger partial charge in [0.1, 0.15) is 5.82 Å². The second-order valence-corrected chi connectivity index (χ2v) is 5.24. The third kappa shape index (κ3) is 2.33. The van der Waals surface area contributed by atoms with Gasteiger partial charge in [-0.15, -0.1) is 0 Å². The van der Waals surface area contributed by atoms with E-state index in [9.17, 15) is 9.50 Å². The van der Waals surface area contributed by atoms with Crippen molar-refractivity contribution in [1.82, 2.24) is 4.57 Å². The van der Waals surface area contributed by atoms with Gasteiger partial charge in [-0.25, -0.2) is 4.39 Å². The Morgan fingerprint density at radius 1 is 1.40 bits per heavy atom. The lowest BCUT2D eigenvalue weighted by Crippen LogP contribution is -2.05. The van der Waals surface area contributed by atoms with Gasteiger partial charge in [-0.1, -0.05) is 0 Å². The summed E-state index contributed by atoms with van der Waals surface area (Å²) in [5.74, 6) is -0.309. The molecule has 0 bridgehead atoms. The van der Waals surface area contributed by atoms with E-state index in [1.807, 2.05) is 23.0 Å². The lowest BCUT2D eigenvalue weighted by molar-refractivity contribution is 0.157. The summed E-state index contributed by atoms with van der Waals surface area (Å²) in [5, 5.41) is 18.8. The van der Waals surface area contributed by atoms with Crippen molar-refractivity contribution in [2.75, 3.05) is 0 Å². The topological polar surface area (TPSA) is 49.0 Å². The van der Waals surface area contributed by atoms with Gasteiger partial charge in [0.05, 0.1) is 17.7 Å². The van der Waals surface area contributed by atoms with Gasteiger partial charge in [-0.2, -0.15) is 5.26 Å². The van der Waals surface area contributed by atoms with E-state index in [2.05, 4.69) is 0 Å². The smallest absolute Gasteiger partial charge is 0.128 e. The molecule has 0 spiro atoms. The highest BCUT2D eigenvalue weighted by atomic mass is 19.1. The second-order valence-electron chi connectivity index (χ2n) is 5.24. The maximum absolute atomic E-state index is 13.8. The highest BCUT2D eigenvalue weighted by Crippen LogP contribution is 2.30. The molecule has 1 unspecified atom stereocenters. The molecule has 3 nitrogen and oxygen atoms in total. The third-order valence-corrected chi connectivity index (χ3v) is 3.81. The Bertz CT molecular complexity index is 684. The van der Waals surface area contributed by atoms with Crippen molar-refractivity contribution < 1.29 is 9.50 Å². The van der Waals surface area contributed by atoms with Crippen molar-refractivity contribution in [2.45, 2.75) is 31.9 Å². The predicted octanol–water partition coefficient (Wildman–Crippen LogP) is 2.92. The number of aliphatic hydroxyl groups excluding tert-OH is 1. The summed E-state index contributed by atoms with van der Waals surface area (Å²) in [4.78, 5) is 0. The molecule has 4 heteroatoms. The Hall–Kier alpha value is -2.12. The molecule has 0 amide bonds. The molecule has 1 aromatic carbocycles. The van der Waals surface area contributed by atoms with Crippen molar-refractivity contribution in [3.05, 3.63) is 58.7 Å². The largest absolute Gasteiger partial charge is 0.388 e. The van der Waals surface area contributed by atoms with Crippen LogP contribution in [0.15, 0.2) is 30.6 Å². The molecule has 1 atom stereocenters. The molecule has 1 aliphatic carbocycles. The summed E-state index contributed by atoms with van der Waals surface area (Å²) in [7, 11) is 0. The summed E-state index contributed by atoms with van der Waals surface area (Å²) < 4.78 is 15.7. The van der Waals surface area contributed by atoms with Crippen molar-refractivity contribution >= 4 is 0 Å². The van der Waals surface area contributed by atoms with E-state index in [1.165, 1.54) is 12.1 Å². The van der Waals surface area contributed by atoms with E-state index < -0.39 is 6.10 Å². The molecule has 20 heavy (non-hydrogen) atoms. The Morgan fingerprint density at radius 2 is 2.25 bits per heavy atom. The molecule has 0 saturated carbocycles. The summed E-state index contributed by atoms with van der Waals surface area (Å²) in [6.45, 7) is 0.376. The van der Waals surface area contributed by atoms with Crippen LogP contribution in [0.25, 0.3) is 0 Å². The molecule has 0 fully saturated rings. The van der Waals surface area contributed by atoms with Crippen LogP contribution in [0, 0.1) is 17.1 Å². The standard InChI is InChI=1S/C16H15FN2O/c17-15-5-4-11(7-18)6-13(15)9-19-8-12-2-1-3-16(20)14(12)10-19/h4-6,8,10,16,20H,1-3,9H2. The maximum atomic E-state index is 13.8. The minimum Gasteiger partial charge on any atom is -0.388 e. The van der Waals surface area contributed by atoms with Gasteiger partial charge >= 0.3 is 0 Å². The first kappa shape index (κ1) is 12.9. The summed E-state index contributed by atoms with van der Waals surface area (Å²) in [5.41, 5.74) is 3.04. The van der Waals surface area contributed by atoms with Crippen LogP contribution in [-0.4, -0.2) is 9.67 Å². The van der Waals surface area contributed by atoms with Gasteiger partial charge in [0.2, 0.25) is 0 Å². The molecule has 0 aliphatic heterocycles. The quantitative estimate of drug-likeness (QED) is 0.912. The van der Waals surface area contributed by atoms with E-state index in [0.29, 0.717) is 17.7 Å². The maximum Gasteiger partial charge on any atom is 0.128 e. The first-order chi connectivity index (χ1) is 9.67. The molecule has 2 aromatic rings. The van der Waals surface area contributed by atoms with Gasteiger partial charge in [-0.3, -0.25) is 0 Å². The number of aryl methyl sites for hydroxylation is 1. The molecule has 0 saturated heterocycles. The Morgan fingerprint density at radius 3 is 3.00 bits per heavy atom. The monoisotopic (exact) mass is 270 g/mol. The van der Waals surface area contributed by atoms with Crippen LogP contribution in [0.5, 0.6) is 0 Å². The minimum absolute atomic E-state index is 0.309. The van der Waals surface area contributed by atoms with Crippen LogP contribution in [0.2, 0.25) is 0 Å². The average Bonchev–Trinajstić information content (AvgIpc) is 2.85. The van der Waals surface area contributed by atoms with E-state index in [0.717, 1.165) is 30.4 Å². The van der Waals surface area contributed by atoms with E-state index in [-0.39, 0.29) is 5.82 Å². The van der Waals surface area contributed by atoms with Crippen molar-refractivity contribution in [3.63, 3.8) is 0 Å². The minimum atomic E-state index is -0.407. The molecule has 102 valence electrons. The van der Waals surface area contributed by atoms with E-state index in [4.69, 9.17) is 5.26 Å². The van der Waals surface area contributed by atoms with Gasteiger partial charge in [0.25, 0.3) is 0 Å². The fourth-order valence-electron chi connectivity index (χ4n) is 2.78. The summed E-state index contributed by atoms with van der Waals surface area (Å²) >= 11 is 0. The molecule has 1 aliphatic rings. The Balaban J connectivity index is 1.90. The van der Waals surface area contributed by atoms with Gasteiger partial charge < -0.3 is 9.67 Å². The third-order valence-electron chi connectivity index (χ3n) is 3.81. The zero-order chi connectivity index (χ0) is 14.1. The zero-order valence-electron chi connectivity index (χ0n) is 11.0. The molecule has 1 heterocycles. The zero-order valence-corrected chi connectivity index (χ0v) is 11.0. The van der Waals surface area contributed by atoms with Crippen LogP contribution in [0.1, 0.15) is 41.2 Å². The molecule has 1 N–H and O–H groups in total. The van der Waals surface area contributed by atoms with E-state index >= 15 is 0 Å². The number of hydrogen-bond acceptors (Lipinski definition) is 2. The number of nitriles is 1. The van der Waals surface area contributed by atoms with Crippen molar-refractivity contribution in [1.29, 1.82) is 5.26 Å². The van der Waals surface area contributed by atoms with Crippen LogP contribution >= 0.6 is 0 Å². The number of benzene rings is 1. The average molecular weight is 270 g/mol. The summed E-state index contributed by atoms with van der Waals surface area (Å²) in [6.07, 6.45) is 6.18. The van der Waals surface area contributed by atoms with Crippen LogP contribution in [0.4, 0.5) is 4.39 Å². The van der Waals surface area contributed by atoms with Gasteiger partial charge in [-0.05, 0) is 43.0 Å². The highest BCUT2D eigenvalue weighted by molar-refractivity contribution is 5.35. The van der Waals surface area contributed by atoms with Gasteiger partial charge in [0, 0.05) is 30.1 Å². The van der Waals surface area contributed by atoms with Crippen molar-refractivity contribution in [3.8, 4) is 6.07 Å². The number of halogens is 1. The van der Waals surface area contributed by atoms with Crippen LogP contribution < -0.4 is 0 Å². The number of hydrogen-bond donors (Lipinski definition) is 1. The fourth-order valence-corrected chi connectivity index (χ4v) is 2.78. The summed E-state index contributed by atoms with van der Waals surface area (Å²) in [6, 6.07) is 6.40. The number of rotatable bonds is 2. The lowest BCUT2D eigenvalue weighted by atomic mass is 9.93. The number of aliphatic hydroxyl groups is 1. The molecular weight excluding hydrogens is 255 g/mol. The second kappa shape index (κ2) is 5.10. The Kier molecular flexibility index (Phi) is 3.29. The molecule has 0 radical (unpaired) electrons. The Labute approximate surface area is 116 Å². The fraction of sp³-hybridized carbons (Fsp3) is 0.312. The first-order valence-corrected chi connectivity index (χ1v) is 6.72. The highest BCUT2D eigenvalue weighted by Gasteiger charge is 2.20. The van der Waals surface area contributed by atoms with Crippen LogP contribution in [0.3, 0.4) is 0 Å². The SMILES string of the molecule is N#Cc1ccc(F)c(Cn2cc3c(c2)C(O)CCC3)c1. The first-order valence-electron chi connectivity index (χ1n) is 6.72. The normalized spacial score (nSPS) is 17.6. The molecular formula is C16H15FN2O. The number of aromatic nitrogens is 1. The lowest BCUT2D eigenvalue weighted by Gasteiger charge is -2.16. The van der Waals surface area contributed by atoms with Gasteiger partial charge in [0.15, 0.2) is 0 Å². The number of nitrogens with zero attached hydrogens (tertiary/aromatic N) is 2. The number of fused-ring (bicyclic) bond motifs is 1. The molecule has 1 aromatic heterocycles. The van der Waals surface area contributed by atoms with Crippen molar-refractivity contribution in [2.24, 2.45) is 0 Å². The van der Waals surface area contributed by atoms with Crippen LogP contribution in [-0.2, 0) is 13.0 Å². The molecule has 3 rings (SSSR count).